The first-order chi connectivity index (χ1) is 10.2. The number of nitrogens with one attached hydrogen (secondary N) is 1. The van der Waals surface area contributed by atoms with Crippen LogP contribution in [0.1, 0.15) is 13.8 Å². The van der Waals surface area contributed by atoms with E-state index >= 15 is 0 Å². The highest BCUT2D eigenvalue weighted by Crippen LogP contribution is 2.32. The average Bonchev–Trinajstić information content (AvgIpc) is 2.42. The third-order valence-electron chi connectivity index (χ3n) is 2.84. The number of rotatable bonds is 4. The number of hydrogen-bond donors (Lipinski definition) is 1. The molecule has 1 heterocycles. The van der Waals surface area contributed by atoms with E-state index in [1.165, 1.54) is 24.4 Å². The van der Waals surface area contributed by atoms with Gasteiger partial charge in [-0.25, -0.2) is 13.4 Å². The Balaban J connectivity index is 2.56. The van der Waals surface area contributed by atoms with Gasteiger partial charge in [0.2, 0.25) is 5.28 Å². The quantitative estimate of drug-likeness (QED) is 0.798. The maximum Gasteiger partial charge on any atom is 0.224 e. The minimum Gasteiger partial charge on any atom is -0.338 e. The summed E-state index contributed by atoms with van der Waals surface area (Å²) in [6.07, 6.45) is 1.32. The number of halogens is 3. The summed E-state index contributed by atoms with van der Waals surface area (Å²) >= 11 is 17.7. The molecule has 0 saturated carbocycles. The largest absolute Gasteiger partial charge is 0.338 e. The standard InChI is InChI=1S/C13H12Cl3N3O2S/c1-7(2)22(20,21)11-4-3-8(14)5-10(11)18-12-9(15)6-17-13(16)19-12/h3-7H,1-2H3,(H,17,18,19). The average molecular weight is 381 g/mol. The Morgan fingerprint density at radius 1 is 1.18 bits per heavy atom. The minimum absolute atomic E-state index is 0.0119. The van der Waals surface area contributed by atoms with Crippen molar-refractivity contribution in [2.45, 2.75) is 24.0 Å². The van der Waals surface area contributed by atoms with Crippen molar-refractivity contribution >= 4 is 56.1 Å². The summed E-state index contributed by atoms with van der Waals surface area (Å²) in [4.78, 5) is 7.78. The van der Waals surface area contributed by atoms with Crippen molar-refractivity contribution in [2.24, 2.45) is 0 Å². The van der Waals surface area contributed by atoms with Crippen LogP contribution < -0.4 is 5.32 Å². The Hall–Kier alpha value is -1.08. The molecule has 0 atom stereocenters. The fourth-order valence-electron chi connectivity index (χ4n) is 1.66. The van der Waals surface area contributed by atoms with Gasteiger partial charge >= 0.3 is 0 Å². The molecule has 0 amide bonds. The summed E-state index contributed by atoms with van der Waals surface area (Å²) in [6.45, 7) is 3.20. The Morgan fingerprint density at radius 2 is 1.86 bits per heavy atom. The molecule has 0 aliphatic carbocycles. The van der Waals surface area contributed by atoms with Gasteiger partial charge in [0.1, 0.15) is 5.02 Å². The highest BCUT2D eigenvalue weighted by Gasteiger charge is 2.23. The van der Waals surface area contributed by atoms with Crippen LogP contribution in [-0.2, 0) is 9.84 Å². The Morgan fingerprint density at radius 3 is 2.50 bits per heavy atom. The van der Waals surface area contributed by atoms with Gasteiger partial charge in [0, 0.05) is 5.02 Å². The molecule has 22 heavy (non-hydrogen) atoms. The first kappa shape index (κ1) is 17.3. The van der Waals surface area contributed by atoms with Crippen LogP contribution in [0.3, 0.4) is 0 Å². The fraction of sp³-hybridized carbons (Fsp3) is 0.231. The molecule has 1 N–H and O–H groups in total. The second-order valence-electron chi connectivity index (χ2n) is 4.69. The van der Waals surface area contributed by atoms with Crippen LogP contribution in [-0.4, -0.2) is 23.6 Å². The van der Waals surface area contributed by atoms with Gasteiger partial charge in [0.05, 0.1) is 22.0 Å². The number of sulfone groups is 1. The van der Waals surface area contributed by atoms with Gasteiger partial charge in [0.15, 0.2) is 15.7 Å². The summed E-state index contributed by atoms with van der Waals surface area (Å²) < 4.78 is 24.9. The van der Waals surface area contributed by atoms with Gasteiger partial charge in [-0.2, -0.15) is 4.98 Å². The molecule has 2 aromatic rings. The first-order valence-corrected chi connectivity index (χ1v) is 8.88. The zero-order valence-electron chi connectivity index (χ0n) is 11.6. The van der Waals surface area contributed by atoms with Gasteiger partial charge in [0.25, 0.3) is 0 Å². The van der Waals surface area contributed by atoms with E-state index in [0.29, 0.717) is 5.02 Å². The number of hydrogen-bond acceptors (Lipinski definition) is 5. The molecular weight excluding hydrogens is 369 g/mol. The number of aromatic nitrogens is 2. The molecule has 2 rings (SSSR count). The summed E-state index contributed by atoms with van der Waals surface area (Å²) in [6, 6.07) is 4.44. The summed E-state index contributed by atoms with van der Waals surface area (Å²) in [5.41, 5.74) is 0.276. The van der Waals surface area contributed by atoms with E-state index in [9.17, 15) is 8.42 Å². The molecule has 0 unspecified atom stereocenters. The van der Waals surface area contributed by atoms with Crippen LogP contribution in [0.25, 0.3) is 0 Å². The zero-order chi connectivity index (χ0) is 16.5. The SMILES string of the molecule is CC(C)S(=O)(=O)c1ccc(Cl)cc1Nc1nc(Cl)ncc1Cl. The lowest BCUT2D eigenvalue weighted by Gasteiger charge is -2.15. The van der Waals surface area contributed by atoms with E-state index < -0.39 is 15.1 Å². The van der Waals surface area contributed by atoms with Crippen LogP contribution in [0.5, 0.6) is 0 Å². The normalized spacial score (nSPS) is 11.7. The van der Waals surface area contributed by atoms with Crippen molar-refractivity contribution in [3.63, 3.8) is 0 Å². The predicted octanol–water partition coefficient (Wildman–Crippen LogP) is 4.36. The molecule has 0 aliphatic rings. The van der Waals surface area contributed by atoms with E-state index in [-0.39, 0.29) is 26.7 Å². The highest BCUT2D eigenvalue weighted by molar-refractivity contribution is 7.92. The molecular formula is C13H12Cl3N3O2S. The zero-order valence-corrected chi connectivity index (χ0v) is 14.7. The van der Waals surface area contributed by atoms with Crippen molar-refractivity contribution in [1.29, 1.82) is 0 Å². The Labute approximate surface area is 143 Å². The molecule has 0 fully saturated rings. The minimum atomic E-state index is -3.51. The van der Waals surface area contributed by atoms with Crippen molar-refractivity contribution in [1.82, 2.24) is 9.97 Å². The van der Waals surface area contributed by atoms with Crippen molar-refractivity contribution in [2.75, 3.05) is 5.32 Å². The molecule has 0 aliphatic heterocycles. The first-order valence-electron chi connectivity index (χ1n) is 6.20. The molecule has 1 aromatic carbocycles. The second-order valence-corrected chi connectivity index (χ2v) is 8.35. The van der Waals surface area contributed by atoms with Gasteiger partial charge < -0.3 is 5.32 Å². The van der Waals surface area contributed by atoms with Crippen molar-refractivity contribution < 1.29 is 8.42 Å². The lowest BCUT2D eigenvalue weighted by atomic mass is 10.3. The third-order valence-corrected chi connectivity index (χ3v) is 5.74. The monoisotopic (exact) mass is 379 g/mol. The lowest BCUT2D eigenvalue weighted by Crippen LogP contribution is -2.15. The van der Waals surface area contributed by atoms with Gasteiger partial charge in [-0.15, -0.1) is 0 Å². The second kappa shape index (κ2) is 6.58. The van der Waals surface area contributed by atoms with Gasteiger partial charge in [-0.1, -0.05) is 23.2 Å². The van der Waals surface area contributed by atoms with Crippen LogP contribution in [0.2, 0.25) is 15.3 Å². The topological polar surface area (TPSA) is 72.0 Å². The van der Waals surface area contributed by atoms with E-state index in [2.05, 4.69) is 15.3 Å². The summed E-state index contributed by atoms with van der Waals surface area (Å²) in [5, 5.41) is 2.84. The van der Waals surface area contributed by atoms with Crippen LogP contribution in [0.15, 0.2) is 29.3 Å². The highest BCUT2D eigenvalue weighted by atomic mass is 35.5. The van der Waals surface area contributed by atoms with Crippen LogP contribution >= 0.6 is 34.8 Å². The van der Waals surface area contributed by atoms with Crippen LogP contribution in [0, 0.1) is 0 Å². The smallest absolute Gasteiger partial charge is 0.224 e. The van der Waals surface area contributed by atoms with Gasteiger partial charge in [-0.05, 0) is 43.6 Å². The Kier molecular flexibility index (Phi) is 5.17. The maximum absolute atomic E-state index is 12.4. The summed E-state index contributed by atoms with van der Waals surface area (Å²) in [7, 11) is -3.51. The fourth-order valence-corrected chi connectivity index (χ4v) is 3.29. The molecule has 0 bridgehead atoms. The van der Waals surface area contributed by atoms with E-state index in [1.807, 2.05) is 0 Å². The predicted molar refractivity (Wildman–Crippen MR) is 89.1 cm³/mol. The molecule has 0 saturated heterocycles. The van der Waals surface area contributed by atoms with Crippen LogP contribution in [0.4, 0.5) is 11.5 Å². The molecule has 118 valence electrons. The Bertz CT molecular complexity index is 810. The number of nitrogens with zero attached hydrogens (tertiary/aromatic N) is 2. The van der Waals surface area contributed by atoms with Gasteiger partial charge in [-0.3, -0.25) is 0 Å². The molecule has 0 radical (unpaired) electrons. The lowest BCUT2D eigenvalue weighted by molar-refractivity contribution is 0.588. The van der Waals surface area contributed by atoms with Crippen molar-refractivity contribution in [3.8, 4) is 0 Å². The van der Waals surface area contributed by atoms with E-state index in [0.717, 1.165) is 0 Å². The van der Waals surface area contributed by atoms with Crippen molar-refractivity contribution in [3.05, 3.63) is 39.7 Å². The number of benzene rings is 1. The molecule has 5 nitrogen and oxygen atoms in total. The maximum atomic E-state index is 12.4. The molecule has 0 spiro atoms. The molecule has 9 heteroatoms. The third kappa shape index (κ3) is 3.63. The van der Waals surface area contributed by atoms with E-state index in [1.54, 1.807) is 13.8 Å². The number of anilines is 2. The van der Waals surface area contributed by atoms with E-state index in [4.69, 9.17) is 34.8 Å². The molecule has 1 aromatic heterocycles. The summed E-state index contributed by atoms with van der Waals surface area (Å²) in [5.74, 6) is 0.198.